The molecule has 1 saturated heterocycles. The van der Waals surface area contributed by atoms with Crippen LogP contribution in [0.15, 0.2) is 66.0 Å². The van der Waals surface area contributed by atoms with Gasteiger partial charge in [-0.15, -0.1) is 0 Å². The molecule has 1 aliphatic carbocycles. The van der Waals surface area contributed by atoms with Crippen molar-refractivity contribution < 1.29 is 14.0 Å². The summed E-state index contributed by atoms with van der Waals surface area (Å²) in [5, 5.41) is 11.9. The van der Waals surface area contributed by atoms with Gasteiger partial charge in [-0.3, -0.25) is 24.9 Å². The second-order valence-electron chi connectivity index (χ2n) is 10.5. The summed E-state index contributed by atoms with van der Waals surface area (Å²) < 4.78 is 14.6. The fraction of sp³-hybridized carbons (Fsp3) is 0.419. The fourth-order valence-corrected chi connectivity index (χ4v) is 5.54. The fourth-order valence-electron chi connectivity index (χ4n) is 5.54. The molecule has 2 aromatic rings. The van der Waals surface area contributed by atoms with Gasteiger partial charge in [0.1, 0.15) is 5.82 Å². The van der Waals surface area contributed by atoms with Gasteiger partial charge < -0.3 is 16.0 Å². The van der Waals surface area contributed by atoms with Crippen molar-refractivity contribution >= 4 is 17.5 Å². The summed E-state index contributed by atoms with van der Waals surface area (Å²) in [7, 11) is 0. The second-order valence-corrected chi connectivity index (χ2v) is 10.5. The van der Waals surface area contributed by atoms with Crippen LogP contribution in [0.1, 0.15) is 49.9 Å². The van der Waals surface area contributed by atoms with Crippen LogP contribution in [0.3, 0.4) is 0 Å². The van der Waals surface area contributed by atoms with Gasteiger partial charge in [-0.2, -0.15) is 0 Å². The van der Waals surface area contributed by atoms with E-state index in [2.05, 4.69) is 10.3 Å². The minimum absolute atomic E-state index is 0.0384. The smallest absolute Gasteiger partial charge is 0.239 e. The molecule has 0 bridgehead atoms. The molecule has 8 nitrogen and oxygen atoms in total. The average Bonchev–Trinajstić information content (AvgIpc) is 2.95. The minimum Gasteiger partial charge on any atom is -0.398 e. The Hall–Kier alpha value is -3.85. The number of benzene rings is 1. The third-order valence-corrected chi connectivity index (χ3v) is 7.83. The van der Waals surface area contributed by atoms with Crippen LogP contribution >= 0.6 is 0 Å². The van der Waals surface area contributed by atoms with E-state index in [0.29, 0.717) is 61.3 Å². The largest absolute Gasteiger partial charge is 0.398 e. The van der Waals surface area contributed by atoms with E-state index in [1.165, 1.54) is 6.07 Å². The molecule has 0 spiro atoms. The van der Waals surface area contributed by atoms with Crippen LogP contribution in [0, 0.1) is 24.1 Å². The molecule has 4 N–H and O–H groups in total. The van der Waals surface area contributed by atoms with Crippen molar-refractivity contribution in [2.75, 3.05) is 19.6 Å². The normalized spacial score (nSPS) is 21.2. The lowest BCUT2D eigenvalue weighted by Crippen LogP contribution is -2.57. The molecule has 0 saturated carbocycles. The maximum absolute atomic E-state index is 14.6. The number of aryl methyl sites for hydroxylation is 1. The Morgan fingerprint density at radius 2 is 1.95 bits per heavy atom. The predicted octanol–water partition coefficient (Wildman–Crippen LogP) is 3.70. The average molecular weight is 547 g/mol. The van der Waals surface area contributed by atoms with Crippen molar-refractivity contribution in [2.45, 2.75) is 58.7 Å². The zero-order chi connectivity index (χ0) is 28.8. The molecule has 9 heteroatoms. The number of likely N-dealkylation sites (N-methyl/N-ethyl adjacent to an activating group) is 1. The van der Waals surface area contributed by atoms with Crippen LogP contribution in [-0.2, 0) is 16.1 Å². The van der Waals surface area contributed by atoms with Gasteiger partial charge in [0, 0.05) is 66.5 Å². The first-order valence-corrected chi connectivity index (χ1v) is 14.0. The quantitative estimate of drug-likeness (QED) is 0.415. The maximum Gasteiger partial charge on any atom is 0.239 e. The number of amides is 2. The number of halogens is 1. The molecular formula is C31H39FN6O2. The first kappa shape index (κ1) is 29.1. The van der Waals surface area contributed by atoms with E-state index in [-0.39, 0.29) is 42.0 Å². The molecule has 40 heavy (non-hydrogen) atoms. The zero-order valence-electron chi connectivity index (χ0n) is 23.5. The van der Waals surface area contributed by atoms with Crippen molar-refractivity contribution in [3.8, 4) is 0 Å². The van der Waals surface area contributed by atoms with E-state index < -0.39 is 5.92 Å². The summed E-state index contributed by atoms with van der Waals surface area (Å²) in [5.41, 5.74) is 9.66. The van der Waals surface area contributed by atoms with E-state index in [1.54, 1.807) is 42.6 Å². The third-order valence-electron chi connectivity index (χ3n) is 7.83. The van der Waals surface area contributed by atoms with Crippen molar-refractivity contribution in [3.63, 3.8) is 0 Å². The first-order valence-electron chi connectivity index (χ1n) is 14.0. The molecule has 2 amide bonds. The predicted molar refractivity (Wildman–Crippen MR) is 154 cm³/mol. The van der Waals surface area contributed by atoms with E-state index in [4.69, 9.17) is 11.1 Å². The van der Waals surface area contributed by atoms with Gasteiger partial charge in [-0.1, -0.05) is 24.3 Å². The molecule has 2 aliphatic rings. The number of aromatic nitrogens is 1. The highest BCUT2D eigenvalue weighted by molar-refractivity contribution is 6.11. The van der Waals surface area contributed by atoms with Gasteiger partial charge in [-0.05, 0) is 64.3 Å². The number of nitrogens with one attached hydrogen (secondary N) is 2. The number of pyridine rings is 1. The van der Waals surface area contributed by atoms with Crippen molar-refractivity contribution in [1.29, 1.82) is 5.41 Å². The van der Waals surface area contributed by atoms with Gasteiger partial charge >= 0.3 is 0 Å². The number of nitrogens with zero attached hydrogens (tertiary/aromatic N) is 3. The van der Waals surface area contributed by atoms with E-state index in [0.717, 1.165) is 5.69 Å². The molecular weight excluding hydrogens is 507 g/mol. The summed E-state index contributed by atoms with van der Waals surface area (Å²) in [4.78, 5) is 34.8. The van der Waals surface area contributed by atoms with Gasteiger partial charge in [-0.25, -0.2) is 4.39 Å². The van der Waals surface area contributed by atoms with Crippen molar-refractivity contribution in [3.05, 3.63) is 88.7 Å². The summed E-state index contributed by atoms with van der Waals surface area (Å²) in [5.74, 6) is -0.889. The molecule has 1 aromatic heterocycles. The number of likely N-dealkylation sites (tertiary alicyclic amines) is 1. The molecule has 1 aliphatic heterocycles. The van der Waals surface area contributed by atoms with Crippen LogP contribution < -0.4 is 11.1 Å². The van der Waals surface area contributed by atoms with E-state index in [9.17, 15) is 14.0 Å². The number of carbonyl (C=O) groups is 2. The molecule has 2 heterocycles. The van der Waals surface area contributed by atoms with Crippen LogP contribution in [-0.4, -0.2) is 64.0 Å². The number of piperidine rings is 1. The monoisotopic (exact) mass is 546 g/mol. The van der Waals surface area contributed by atoms with Crippen LogP contribution in [0.4, 0.5) is 4.39 Å². The third kappa shape index (κ3) is 6.65. The highest BCUT2D eigenvalue weighted by Crippen LogP contribution is 2.27. The van der Waals surface area contributed by atoms with Crippen molar-refractivity contribution in [1.82, 2.24) is 20.1 Å². The number of nitrogens with two attached hydrogens (primary N) is 1. The molecule has 1 aromatic carbocycles. The lowest BCUT2D eigenvalue weighted by Gasteiger charge is -2.41. The van der Waals surface area contributed by atoms with Crippen LogP contribution in [0.5, 0.6) is 0 Å². The summed E-state index contributed by atoms with van der Waals surface area (Å²) in [6.45, 7) is 7.72. The van der Waals surface area contributed by atoms with Gasteiger partial charge in [0.25, 0.3) is 0 Å². The Morgan fingerprint density at radius 1 is 1.20 bits per heavy atom. The number of carbonyl (C=O) groups excluding carboxylic acids is 2. The van der Waals surface area contributed by atoms with Gasteiger partial charge in [0.2, 0.25) is 11.8 Å². The Labute approximate surface area is 235 Å². The molecule has 0 radical (unpaired) electrons. The molecule has 212 valence electrons. The van der Waals surface area contributed by atoms with Crippen molar-refractivity contribution in [2.24, 2.45) is 11.7 Å². The van der Waals surface area contributed by atoms with E-state index >= 15 is 0 Å². The lowest BCUT2D eigenvalue weighted by molar-refractivity contribution is -0.138. The number of rotatable bonds is 9. The van der Waals surface area contributed by atoms with Crippen LogP contribution in [0.2, 0.25) is 0 Å². The summed E-state index contributed by atoms with van der Waals surface area (Å²) in [6, 6.07) is 9.64. The highest BCUT2D eigenvalue weighted by atomic mass is 19.1. The van der Waals surface area contributed by atoms with Gasteiger partial charge in [0.15, 0.2) is 0 Å². The SMILES string of the molecule is CCN(CC)C(=O)C1CC[C@@H](NC(=O)C2C=CC(N)=C(C(=N)c3ccnc(C)c3)C2)CN1Cc1ccccc1F. The zero-order valence-corrected chi connectivity index (χ0v) is 23.5. The summed E-state index contributed by atoms with van der Waals surface area (Å²) >= 11 is 0. The Bertz CT molecular complexity index is 1320. The standard InChI is InChI=1S/C31H39FN6O2/c1-4-37(5-2)31(40)28-13-11-24(19-38(28)18-23-8-6-7-9-26(23)32)36-30(39)22-10-12-27(33)25(17-22)29(34)21-14-15-35-20(3)16-21/h6-10,12,14-16,22,24,28,34H,4-5,11,13,17-19,33H2,1-3H3,(H,36,39)/t22?,24-,28?/m1/s1. The first-order chi connectivity index (χ1) is 19.2. The Morgan fingerprint density at radius 3 is 2.65 bits per heavy atom. The topological polar surface area (TPSA) is 115 Å². The van der Waals surface area contributed by atoms with E-state index in [1.807, 2.05) is 36.6 Å². The molecule has 2 unspecified atom stereocenters. The molecule has 3 atom stereocenters. The Kier molecular flexibility index (Phi) is 9.47. The molecule has 1 fully saturated rings. The van der Waals surface area contributed by atoms with Crippen LogP contribution in [0.25, 0.3) is 0 Å². The number of hydrogen-bond acceptors (Lipinski definition) is 6. The number of hydrogen-bond donors (Lipinski definition) is 3. The maximum atomic E-state index is 14.6. The van der Waals surface area contributed by atoms with Gasteiger partial charge in [0.05, 0.1) is 17.7 Å². The Balaban J connectivity index is 1.46. The number of allylic oxidation sites excluding steroid dienone is 2. The minimum atomic E-state index is -0.472. The second kappa shape index (κ2) is 13.0. The summed E-state index contributed by atoms with van der Waals surface area (Å²) in [6.07, 6.45) is 6.68. The lowest BCUT2D eigenvalue weighted by atomic mass is 9.86. The molecule has 4 rings (SSSR count). The highest BCUT2D eigenvalue weighted by Gasteiger charge is 2.36.